The molecule has 1 aliphatic heterocycles. The molecule has 4 rings (SSSR count). The molecule has 3 aromatic rings. The number of hydrogen-bond donors (Lipinski definition) is 0. The van der Waals surface area contributed by atoms with E-state index in [1.165, 1.54) is 5.56 Å². The number of aryl methyl sites for hydroxylation is 1. The van der Waals surface area contributed by atoms with Crippen LogP contribution in [-0.4, -0.2) is 25.0 Å². The zero-order chi connectivity index (χ0) is 23.2. The summed E-state index contributed by atoms with van der Waals surface area (Å²) in [6.07, 6.45) is 2.52. The Bertz CT molecular complexity index is 1070. The van der Waals surface area contributed by atoms with Gasteiger partial charge in [-0.3, -0.25) is 9.59 Å². The van der Waals surface area contributed by atoms with Crippen molar-refractivity contribution in [2.45, 2.75) is 32.2 Å². The average Bonchev–Trinajstić information content (AvgIpc) is 2.86. The number of nitrogens with zero attached hydrogens (tertiary/aromatic N) is 1. The number of amides is 1. The van der Waals surface area contributed by atoms with Crippen LogP contribution in [0, 0.1) is 11.8 Å². The van der Waals surface area contributed by atoms with E-state index in [-0.39, 0.29) is 23.8 Å². The number of hydrogen-bond acceptors (Lipinski definition) is 4. The van der Waals surface area contributed by atoms with Crippen molar-refractivity contribution >= 4 is 17.6 Å². The van der Waals surface area contributed by atoms with Crippen LogP contribution < -0.4 is 14.4 Å². The van der Waals surface area contributed by atoms with Gasteiger partial charge in [-0.1, -0.05) is 48.5 Å². The van der Waals surface area contributed by atoms with Crippen LogP contribution in [0.3, 0.4) is 0 Å². The first-order chi connectivity index (χ1) is 16.1. The van der Waals surface area contributed by atoms with E-state index in [9.17, 15) is 9.59 Å². The molecule has 0 aromatic heterocycles. The minimum absolute atomic E-state index is 0.0533. The molecule has 1 amide bonds. The lowest BCUT2D eigenvalue weighted by atomic mass is 9.76. The number of anilines is 1. The van der Waals surface area contributed by atoms with Crippen LogP contribution >= 0.6 is 0 Å². The minimum atomic E-state index is -0.466. The highest BCUT2D eigenvalue weighted by Crippen LogP contribution is 2.40. The number of benzene rings is 3. The van der Waals surface area contributed by atoms with Crippen LogP contribution in [-0.2, 0) is 16.0 Å². The fraction of sp³-hybridized carbons (Fsp3) is 0.286. The molecule has 1 aliphatic rings. The third-order valence-electron chi connectivity index (χ3n) is 6.28. The molecular formula is C28H29NO4. The van der Waals surface area contributed by atoms with Gasteiger partial charge in [-0.05, 0) is 68.1 Å². The largest absolute Gasteiger partial charge is 0.497 e. The molecule has 1 saturated heterocycles. The van der Waals surface area contributed by atoms with Crippen LogP contribution in [0.1, 0.15) is 25.3 Å². The van der Waals surface area contributed by atoms with Gasteiger partial charge in [0.1, 0.15) is 11.5 Å². The van der Waals surface area contributed by atoms with Gasteiger partial charge in [0.05, 0.1) is 25.0 Å². The third kappa shape index (κ3) is 5.08. The van der Waals surface area contributed by atoms with Gasteiger partial charge >= 0.3 is 5.97 Å². The van der Waals surface area contributed by atoms with Crippen molar-refractivity contribution in [3.05, 3.63) is 90.5 Å². The standard InChI is InChI=1S/C28H29NO4/c1-20(28(31)33-24-13-7-4-8-14-24)26-25(15-9-12-21-10-5-3-6-11-21)27(30)29(26)22-16-18-23(32-2)19-17-22/h3-8,10-11,13-14,16-20,25-26H,9,12,15H2,1-2H3. The summed E-state index contributed by atoms with van der Waals surface area (Å²) in [6, 6.07) is 26.4. The Hall–Kier alpha value is -3.60. The zero-order valence-electron chi connectivity index (χ0n) is 19.0. The van der Waals surface area contributed by atoms with Crippen LogP contribution in [0.4, 0.5) is 5.69 Å². The normalized spacial score (nSPS) is 18.4. The van der Waals surface area contributed by atoms with E-state index in [0.717, 1.165) is 30.7 Å². The molecule has 1 fully saturated rings. The minimum Gasteiger partial charge on any atom is -0.497 e. The summed E-state index contributed by atoms with van der Waals surface area (Å²) in [5.74, 6) is 0.277. The SMILES string of the molecule is COc1ccc(N2C(=O)C(CCCc3ccccc3)C2C(C)C(=O)Oc2ccccc2)cc1. The van der Waals surface area contributed by atoms with Crippen molar-refractivity contribution in [3.8, 4) is 11.5 Å². The van der Waals surface area contributed by atoms with E-state index >= 15 is 0 Å². The van der Waals surface area contributed by atoms with E-state index in [0.29, 0.717) is 5.75 Å². The molecule has 0 spiro atoms. The Morgan fingerprint density at radius 3 is 2.18 bits per heavy atom. The predicted octanol–water partition coefficient (Wildman–Crippen LogP) is 5.29. The molecule has 3 aromatic carbocycles. The summed E-state index contributed by atoms with van der Waals surface area (Å²) in [7, 11) is 1.61. The van der Waals surface area contributed by atoms with Gasteiger partial charge in [0, 0.05) is 5.69 Å². The third-order valence-corrected chi connectivity index (χ3v) is 6.28. The van der Waals surface area contributed by atoms with E-state index in [2.05, 4.69) is 12.1 Å². The summed E-state index contributed by atoms with van der Waals surface area (Å²) >= 11 is 0. The lowest BCUT2D eigenvalue weighted by Gasteiger charge is -2.49. The summed E-state index contributed by atoms with van der Waals surface area (Å²) in [5.41, 5.74) is 2.02. The van der Waals surface area contributed by atoms with Crippen molar-refractivity contribution in [2.24, 2.45) is 11.8 Å². The van der Waals surface area contributed by atoms with E-state index < -0.39 is 5.92 Å². The Labute approximate surface area is 194 Å². The van der Waals surface area contributed by atoms with E-state index in [4.69, 9.17) is 9.47 Å². The highest BCUT2D eigenvalue weighted by Gasteiger charge is 2.52. The van der Waals surface area contributed by atoms with Gasteiger partial charge in [-0.2, -0.15) is 0 Å². The molecule has 3 atom stereocenters. The van der Waals surface area contributed by atoms with E-state index in [1.54, 1.807) is 24.1 Å². The van der Waals surface area contributed by atoms with Gasteiger partial charge in [0.15, 0.2) is 0 Å². The molecule has 1 heterocycles. The van der Waals surface area contributed by atoms with Crippen LogP contribution in [0.5, 0.6) is 11.5 Å². The number of para-hydroxylation sites is 1. The topological polar surface area (TPSA) is 55.8 Å². The van der Waals surface area contributed by atoms with Crippen LogP contribution in [0.2, 0.25) is 0 Å². The molecule has 0 radical (unpaired) electrons. The molecule has 5 heteroatoms. The number of ether oxygens (including phenoxy) is 2. The Morgan fingerprint density at radius 2 is 1.55 bits per heavy atom. The van der Waals surface area contributed by atoms with Crippen LogP contribution in [0.15, 0.2) is 84.9 Å². The number of esters is 1. The molecule has 33 heavy (non-hydrogen) atoms. The van der Waals surface area contributed by atoms with Crippen molar-refractivity contribution < 1.29 is 19.1 Å². The average molecular weight is 444 g/mol. The number of methoxy groups -OCH3 is 1. The first kappa shape index (κ1) is 22.6. The fourth-order valence-corrected chi connectivity index (χ4v) is 4.49. The molecule has 0 saturated carbocycles. The predicted molar refractivity (Wildman–Crippen MR) is 128 cm³/mol. The summed E-state index contributed by atoms with van der Waals surface area (Å²) in [6.45, 7) is 1.85. The Balaban J connectivity index is 1.50. The number of carbonyl (C=O) groups is 2. The smallest absolute Gasteiger partial charge is 0.316 e. The van der Waals surface area contributed by atoms with Crippen molar-refractivity contribution in [1.82, 2.24) is 0 Å². The maximum Gasteiger partial charge on any atom is 0.316 e. The van der Waals surface area contributed by atoms with Crippen molar-refractivity contribution in [1.29, 1.82) is 0 Å². The summed E-state index contributed by atoms with van der Waals surface area (Å²) in [4.78, 5) is 27.9. The monoisotopic (exact) mass is 443 g/mol. The van der Waals surface area contributed by atoms with Crippen LogP contribution in [0.25, 0.3) is 0 Å². The molecule has 5 nitrogen and oxygen atoms in total. The number of carbonyl (C=O) groups excluding carboxylic acids is 2. The lowest BCUT2D eigenvalue weighted by Crippen LogP contribution is -2.65. The lowest BCUT2D eigenvalue weighted by molar-refractivity contribution is -0.143. The first-order valence-electron chi connectivity index (χ1n) is 11.4. The second kappa shape index (κ2) is 10.3. The fourth-order valence-electron chi connectivity index (χ4n) is 4.49. The van der Waals surface area contributed by atoms with E-state index in [1.807, 2.05) is 67.6 Å². The molecule has 0 aliphatic carbocycles. The molecule has 170 valence electrons. The number of rotatable bonds is 9. The maximum absolute atomic E-state index is 13.2. The molecule has 3 unspecified atom stereocenters. The molecular weight excluding hydrogens is 414 g/mol. The Morgan fingerprint density at radius 1 is 0.909 bits per heavy atom. The highest BCUT2D eigenvalue weighted by molar-refractivity contribution is 6.04. The van der Waals surface area contributed by atoms with Crippen molar-refractivity contribution in [3.63, 3.8) is 0 Å². The summed E-state index contributed by atoms with van der Waals surface area (Å²) < 4.78 is 10.9. The van der Waals surface area contributed by atoms with Gasteiger partial charge in [0.2, 0.25) is 5.91 Å². The van der Waals surface area contributed by atoms with Gasteiger partial charge in [0.25, 0.3) is 0 Å². The quantitative estimate of drug-likeness (QED) is 0.256. The van der Waals surface area contributed by atoms with Gasteiger partial charge in [-0.15, -0.1) is 0 Å². The first-order valence-corrected chi connectivity index (χ1v) is 11.4. The molecule has 0 N–H and O–H groups in total. The summed E-state index contributed by atoms with van der Waals surface area (Å²) in [5, 5.41) is 0. The highest BCUT2D eigenvalue weighted by atomic mass is 16.5. The number of β-lactam (4-membered cyclic amide) rings is 1. The van der Waals surface area contributed by atoms with Gasteiger partial charge in [-0.25, -0.2) is 0 Å². The second-order valence-corrected chi connectivity index (χ2v) is 8.40. The van der Waals surface area contributed by atoms with Gasteiger partial charge < -0.3 is 14.4 Å². The Kier molecular flexibility index (Phi) is 7.08. The molecule has 0 bridgehead atoms. The second-order valence-electron chi connectivity index (χ2n) is 8.40. The van der Waals surface area contributed by atoms with Crippen molar-refractivity contribution in [2.75, 3.05) is 12.0 Å². The maximum atomic E-state index is 13.2. The zero-order valence-corrected chi connectivity index (χ0v) is 19.0.